The number of ether oxygens (including phenoxy) is 1. The summed E-state index contributed by atoms with van der Waals surface area (Å²) in [6.07, 6.45) is 4.16. The molecule has 0 bridgehead atoms. The Hall–Kier alpha value is -1.06. The highest BCUT2D eigenvalue weighted by molar-refractivity contribution is 5.28. The molecule has 3 heteroatoms. The summed E-state index contributed by atoms with van der Waals surface area (Å²) in [5, 5.41) is 13.5. The number of hydrogen-bond acceptors (Lipinski definition) is 3. The van der Waals surface area contributed by atoms with Crippen molar-refractivity contribution >= 4 is 0 Å². The third kappa shape index (κ3) is 3.24. The molecule has 0 spiro atoms. The van der Waals surface area contributed by atoms with E-state index in [1.165, 1.54) is 12.0 Å². The minimum atomic E-state index is -0.195. The molecule has 1 saturated carbocycles. The lowest BCUT2D eigenvalue weighted by molar-refractivity contribution is 0.0860. The monoisotopic (exact) mass is 249 g/mol. The van der Waals surface area contributed by atoms with E-state index in [4.69, 9.17) is 4.74 Å². The zero-order valence-electron chi connectivity index (χ0n) is 11.2. The number of hydrogen-bond donors (Lipinski definition) is 2. The van der Waals surface area contributed by atoms with E-state index in [-0.39, 0.29) is 18.2 Å². The summed E-state index contributed by atoms with van der Waals surface area (Å²) in [5.41, 5.74) is 1.23. The maximum atomic E-state index is 9.96. The van der Waals surface area contributed by atoms with E-state index in [1.807, 2.05) is 12.1 Å². The molecule has 2 N–H and O–H groups in total. The summed E-state index contributed by atoms with van der Waals surface area (Å²) in [6.45, 7) is 2.14. The molecule has 0 saturated heterocycles. The number of aliphatic hydroxyl groups excluding tert-OH is 1. The fourth-order valence-electron chi connectivity index (χ4n) is 2.62. The molecule has 18 heavy (non-hydrogen) atoms. The first kappa shape index (κ1) is 13.4. The van der Waals surface area contributed by atoms with Gasteiger partial charge in [-0.1, -0.05) is 25.0 Å². The van der Waals surface area contributed by atoms with Crippen LogP contribution in [-0.2, 0) is 0 Å². The van der Waals surface area contributed by atoms with E-state index in [0.29, 0.717) is 0 Å². The van der Waals surface area contributed by atoms with Gasteiger partial charge in [0.15, 0.2) is 0 Å². The number of methoxy groups -OCH3 is 1. The number of nitrogens with one attached hydrogen (secondary N) is 1. The molecule has 3 nitrogen and oxygen atoms in total. The van der Waals surface area contributed by atoms with Gasteiger partial charge in [-0.05, 0) is 37.5 Å². The molecule has 0 heterocycles. The molecule has 0 aromatic heterocycles. The number of rotatable bonds is 4. The van der Waals surface area contributed by atoms with Crippen molar-refractivity contribution in [2.45, 2.75) is 50.8 Å². The molecule has 1 aromatic rings. The molecule has 3 atom stereocenters. The van der Waals surface area contributed by atoms with Gasteiger partial charge >= 0.3 is 0 Å². The van der Waals surface area contributed by atoms with Gasteiger partial charge in [0.05, 0.1) is 13.2 Å². The lowest BCUT2D eigenvalue weighted by Gasteiger charge is -2.31. The van der Waals surface area contributed by atoms with E-state index in [0.717, 1.165) is 25.0 Å². The second-order valence-corrected chi connectivity index (χ2v) is 5.12. The highest BCUT2D eigenvalue weighted by Crippen LogP contribution is 2.23. The molecule has 1 aliphatic rings. The van der Waals surface area contributed by atoms with E-state index >= 15 is 0 Å². The molecule has 0 amide bonds. The van der Waals surface area contributed by atoms with E-state index in [1.54, 1.807) is 7.11 Å². The number of benzene rings is 1. The van der Waals surface area contributed by atoms with Crippen LogP contribution in [0.15, 0.2) is 24.3 Å². The van der Waals surface area contributed by atoms with Crippen LogP contribution in [0.3, 0.4) is 0 Å². The van der Waals surface area contributed by atoms with E-state index in [9.17, 15) is 5.11 Å². The van der Waals surface area contributed by atoms with Crippen LogP contribution in [0.4, 0.5) is 0 Å². The molecule has 2 rings (SSSR count). The van der Waals surface area contributed by atoms with Crippen molar-refractivity contribution in [2.75, 3.05) is 7.11 Å². The van der Waals surface area contributed by atoms with Gasteiger partial charge in [-0.3, -0.25) is 0 Å². The fourth-order valence-corrected chi connectivity index (χ4v) is 2.62. The van der Waals surface area contributed by atoms with Gasteiger partial charge in [-0.25, -0.2) is 0 Å². The summed E-state index contributed by atoms with van der Waals surface area (Å²) >= 11 is 0. The molecule has 0 unspecified atom stereocenters. The van der Waals surface area contributed by atoms with Crippen molar-refractivity contribution in [3.8, 4) is 5.75 Å². The molecule has 1 aromatic carbocycles. The van der Waals surface area contributed by atoms with Gasteiger partial charge in [-0.2, -0.15) is 0 Å². The first-order chi connectivity index (χ1) is 8.70. The van der Waals surface area contributed by atoms with Crippen LogP contribution in [0.25, 0.3) is 0 Å². The first-order valence-corrected chi connectivity index (χ1v) is 6.79. The SMILES string of the molecule is COc1ccc([C@H](C)N[C@@H]2CCCC[C@H]2O)cc1. The second-order valence-electron chi connectivity index (χ2n) is 5.12. The molecule has 0 radical (unpaired) electrons. The molecule has 100 valence electrons. The Morgan fingerprint density at radius 1 is 1.22 bits per heavy atom. The second kappa shape index (κ2) is 6.21. The maximum Gasteiger partial charge on any atom is 0.118 e. The predicted octanol–water partition coefficient (Wildman–Crippen LogP) is 2.65. The lowest BCUT2D eigenvalue weighted by Crippen LogP contribution is -2.43. The summed E-state index contributed by atoms with van der Waals surface area (Å²) in [7, 11) is 1.68. The smallest absolute Gasteiger partial charge is 0.118 e. The quantitative estimate of drug-likeness (QED) is 0.862. The van der Waals surface area contributed by atoms with Crippen LogP contribution < -0.4 is 10.1 Å². The van der Waals surface area contributed by atoms with Crippen molar-refractivity contribution in [1.82, 2.24) is 5.32 Å². The van der Waals surface area contributed by atoms with Crippen molar-refractivity contribution < 1.29 is 9.84 Å². The van der Waals surface area contributed by atoms with Crippen molar-refractivity contribution in [1.29, 1.82) is 0 Å². The Labute approximate surface area is 109 Å². The largest absolute Gasteiger partial charge is 0.497 e. The van der Waals surface area contributed by atoms with Crippen LogP contribution in [-0.4, -0.2) is 24.4 Å². The normalized spacial score (nSPS) is 25.7. The Morgan fingerprint density at radius 2 is 1.89 bits per heavy atom. The third-order valence-electron chi connectivity index (χ3n) is 3.81. The first-order valence-electron chi connectivity index (χ1n) is 6.79. The zero-order valence-corrected chi connectivity index (χ0v) is 11.2. The molecular formula is C15H23NO2. The Kier molecular flexibility index (Phi) is 4.61. The minimum Gasteiger partial charge on any atom is -0.497 e. The third-order valence-corrected chi connectivity index (χ3v) is 3.81. The summed E-state index contributed by atoms with van der Waals surface area (Å²) < 4.78 is 5.16. The Bertz CT molecular complexity index is 363. The van der Waals surface area contributed by atoms with Crippen LogP contribution in [0.5, 0.6) is 5.75 Å². The van der Waals surface area contributed by atoms with E-state index in [2.05, 4.69) is 24.4 Å². The Morgan fingerprint density at radius 3 is 2.50 bits per heavy atom. The zero-order chi connectivity index (χ0) is 13.0. The molecule has 0 aliphatic heterocycles. The lowest BCUT2D eigenvalue weighted by atomic mass is 9.91. The highest BCUT2D eigenvalue weighted by Gasteiger charge is 2.24. The van der Waals surface area contributed by atoms with E-state index < -0.39 is 0 Å². The van der Waals surface area contributed by atoms with Crippen molar-refractivity contribution in [3.63, 3.8) is 0 Å². The molecular weight excluding hydrogens is 226 g/mol. The minimum absolute atomic E-state index is 0.195. The summed E-state index contributed by atoms with van der Waals surface area (Å²) in [5.74, 6) is 0.878. The topological polar surface area (TPSA) is 41.5 Å². The van der Waals surface area contributed by atoms with Crippen LogP contribution >= 0.6 is 0 Å². The Balaban J connectivity index is 1.95. The fraction of sp³-hybridized carbons (Fsp3) is 0.600. The standard InChI is InChI=1S/C15H23NO2/c1-11(12-7-9-13(18-2)10-8-12)16-14-5-3-4-6-15(14)17/h7-11,14-17H,3-6H2,1-2H3/t11-,14+,15+/m0/s1. The van der Waals surface area contributed by atoms with Gasteiger partial charge in [0.2, 0.25) is 0 Å². The maximum absolute atomic E-state index is 9.96. The van der Waals surface area contributed by atoms with Crippen LogP contribution in [0.1, 0.15) is 44.2 Å². The van der Waals surface area contributed by atoms with Gasteiger partial charge in [-0.15, -0.1) is 0 Å². The average molecular weight is 249 g/mol. The van der Waals surface area contributed by atoms with Crippen molar-refractivity contribution in [2.24, 2.45) is 0 Å². The van der Waals surface area contributed by atoms with Gasteiger partial charge in [0.1, 0.15) is 5.75 Å². The molecule has 1 aliphatic carbocycles. The predicted molar refractivity (Wildman–Crippen MR) is 72.8 cm³/mol. The van der Waals surface area contributed by atoms with Crippen LogP contribution in [0, 0.1) is 0 Å². The van der Waals surface area contributed by atoms with Crippen LogP contribution in [0.2, 0.25) is 0 Å². The molecule has 1 fully saturated rings. The van der Waals surface area contributed by atoms with Crippen molar-refractivity contribution in [3.05, 3.63) is 29.8 Å². The highest BCUT2D eigenvalue weighted by atomic mass is 16.5. The van der Waals surface area contributed by atoms with Gasteiger partial charge < -0.3 is 15.2 Å². The average Bonchev–Trinajstić information content (AvgIpc) is 2.41. The van der Waals surface area contributed by atoms with Gasteiger partial charge in [0, 0.05) is 12.1 Å². The summed E-state index contributed by atoms with van der Waals surface area (Å²) in [4.78, 5) is 0. The summed E-state index contributed by atoms with van der Waals surface area (Å²) in [6, 6.07) is 8.59. The van der Waals surface area contributed by atoms with Gasteiger partial charge in [0.25, 0.3) is 0 Å². The number of aliphatic hydroxyl groups is 1.